The van der Waals surface area contributed by atoms with Gasteiger partial charge < -0.3 is 4.18 Å². The maximum atomic E-state index is 14.2. The molecule has 0 aliphatic heterocycles. The molecule has 1 aromatic heterocycles. The van der Waals surface area contributed by atoms with Crippen molar-refractivity contribution in [1.82, 2.24) is 4.98 Å². The molecule has 0 spiro atoms. The normalized spacial score (nSPS) is 19.3. The van der Waals surface area contributed by atoms with Crippen molar-refractivity contribution in [1.29, 1.82) is 0 Å². The molecule has 32 heavy (non-hydrogen) atoms. The SMILES string of the molecule is O=C1c2cccc(F)c2C(=O)C1c1ccc2cccc(OS(=O)(=O)C3CCCCC3)c2n1. The van der Waals surface area contributed by atoms with Crippen LogP contribution >= 0.6 is 0 Å². The molecule has 8 heteroatoms. The third-order valence-corrected chi connectivity index (χ3v) is 7.92. The topological polar surface area (TPSA) is 90.4 Å². The number of para-hydroxylation sites is 1. The van der Waals surface area contributed by atoms with Crippen LogP contribution < -0.4 is 4.18 Å². The van der Waals surface area contributed by atoms with E-state index in [-0.39, 0.29) is 28.1 Å². The molecule has 0 N–H and O–H groups in total. The second-order valence-corrected chi connectivity index (χ2v) is 10.0. The average molecular weight is 453 g/mol. The summed E-state index contributed by atoms with van der Waals surface area (Å²) in [5.41, 5.74) is 0.177. The number of pyridine rings is 1. The van der Waals surface area contributed by atoms with Crippen molar-refractivity contribution in [3.63, 3.8) is 0 Å². The van der Waals surface area contributed by atoms with Gasteiger partial charge in [0.05, 0.1) is 16.5 Å². The molecule has 2 aliphatic rings. The number of nitrogens with zero attached hydrogens (tertiary/aromatic N) is 1. The van der Waals surface area contributed by atoms with Gasteiger partial charge in [0.2, 0.25) is 0 Å². The summed E-state index contributed by atoms with van der Waals surface area (Å²) < 4.78 is 45.4. The van der Waals surface area contributed by atoms with Crippen LogP contribution in [0, 0.1) is 5.82 Å². The molecule has 6 nitrogen and oxygen atoms in total. The minimum absolute atomic E-state index is 0.0336. The van der Waals surface area contributed by atoms with Crippen molar-refractivity contribution in [2.75, 3.05) is 0 Å². The van der Waals surface area contributed by atoms with Crippen LogP contribution in [0.2, 0.25) is 0 Å². The molecule has 1 atom stereocenters. The fourth-order valence-electron chi connectivity index (χ4n) is 4.58. The molecule has 2 aliphatic carbocycles. The monoisotopic (exact) mass is 453 g/mol. The summed E-state index contributed by atoms with van der Waals surface area (Å²) in [6.07, 6.45) is 3.81. The van der Waals surface area contributed by atoms with Crippen LogP contribution in [0.5, 0.6) is 5.75 Å². The number of benzene rings is 2. The predicted octanol–water partition coefficient (Wildman–Crippen LogP) is 4.58. The zero-order valence-electron chi connectivity index (χ0n) is 17.1. The van der Waals surface area contributed by atoms with Crippen molar-refractivity contribution in [3.8, 4) is 5.75 Å². The Kier molecular flexibility index (Phi) is 5.04. The summed E-state index contributed by atoms with van der Waals surface area (Å²) in [6, 6.07) is 12.0. The Labute approximate surface area is 184 Å². The van der Waals surface area contributed by atoms with E-state index >= 15 is 0 Å². The van der Waals surface area contributed by atoms with Gasteiger partial charge in [-0.1, -0.05) is 49.6 Å². The maximum Gasteiger partial charge on any atom is 0.312 e. The third kappa shape index (κ3) is 3.39. The van der Waals surface area contributed by atoms with Gasteiger partial charge in [-0.2, -0.15) is 8.42 Å². The van der Waals surface area contributed by atoms with E-state index in [4.69, 9.17) is 4.18 Å². The fourth-order valence-corrected chi connectivity index (χ4v) is 6.01. The lowest BCUT2D eigenvalue weighted by molar-refractivity contribution is 0.0887. The second-order valence-electron chi connectivity index (χ2n) is 8.22. The van der Waals surface area contributed by atoms with Gasteiger partial charge in [-0.25, -0.2) is 9.37 Å². The number of ketones is 2. The number of aromatic nitrogens is 1. The number of hydrogen-bond donors (Lipinski definition) is 0. The Morgan fingerprint density at radius 2 is 1.66 bits per heavy atom. The van der Waals surface area contributed by atoms with Gasteiger partial charge in [-0.15, -0.1) is 0 Å². The Balaban J connectivity index is 1.54. The van der Waals surface area contributed by atoms with Gasteiger partial charge in [0.15, 0.2) is 17.3 Å². The smallest absolute Gasteiger partial charge is 0.312 e. The first-order valence-electron chi connectivity index (χ1n) is 10.6. The largest absolute Gasteiger partial charge is 0.380 e. The summed E-state index contributed by atoms with van der Waals surface area (Å²) in [5, 5.41) is 0.0387. The summed E-state index contributed by atoms with van der Waals surface area (Å²) in [7, 11) is -3.85. The number of halogens is 1. The van der Waals surface area contributed by atoms with Crippen molar-refractivity contribution < 1.29 is 26.6 Å². The van der Waals surface area contributed by atoms with E-state index in [1.54, 1.807) is 18.2 Å². The number of rotatable bonds is 4. The summed E-state index contributed by atoms with van der Waals surface area (Å²) in [4.78, 5) is 30.2. The molecule has 0 amide bonds. The molecule has 164 valence electrons. The lowest BCUT2D eigenvalue weighted by atomic mass is 9.98. The van der Waals surface area contributed by atoms with E-state index in [2.05, 4.69) is 4.98 Å². The molecule has 2 aromatic carbocycles. The predicted molar refractivity (Wildman–Crippen MR) is 116 cm³/mol. The van der Waals surface area contributed by atoms with E-state index in [9.17, 15) is 22.4 Å². The third-order valence-electron chi connectivity index (χ3n) is 6.22. The summed E-state index contributed by atoms with van der Waals surface area (Å²) >= 11 is 0. The van der Waals surface area contributed by atoms with E-state index in [1.807, 2.05) is 0 Å². The second kappa shape index (κ2) is 7.78. The number of hydrogen-bond acceptors (Lipinski definition) is 6. The minimum atomic E-state index is -3.85. The van der Waals surface area contributed by atoms with Crippen LogP contribution in [-0.4, -0.2) is 30.2 Å². The van der Waals surface area contributed by atoms with Crippen LogP contribution in [0.25, 0.3) is 10.9 Å². The number of Topliss-reactive ketones (excluding diaryl/α,β-unsaturated/α-hetero) is 2. The molecule has 0 bridgehead atoms. The van der Waals surface area contributed by atoms with Crippen LogP contribution in [0.4, 0.5) is 4.39 Å². The first kappa shape index (κ1) is 20.8. The van der Waals surface area contributed by atoms with E-state index in [0.29, 0.717) is 18.2 Å². The molecule has 0 radical (unpaired) electrons. The van der Waals surface area contributed by atoms with Crippen molar-refractivity contribution in [3.05, 3.63) is 71.2 Å². The van der Waals surface area contributed by atoms with Crippen molar-refractivity contribution in [2.45, 2.75) is 43.3 Å². The van der Waals surface area contributed by atoms with Crippen LogP contribution in [0.3, 0.4) is 0 Å². The molecular formula is C24H20FNO5S. The van der Waals surface area contributed by atoms with Gasteiger partial charge in [-0.05, 0) is 31.0 Å². The molecule has 0 saturated heterocycles. The summed E-state index contributed by atoms with van der Waals surface area (Å²) in [6.45, 7) is 0. The molecule has 1 fully saturated rings. The number of carbonyl (C=O) groups is 2. The Bertz CT molecular complexity index is 1360. The first-order valence-corrected chi connectivity index (χ1v) is 12.0. The van der Waals surface area contributed by atoms with Gasteiger partial charge in [0.1, 0.15) is 17.3 Å². The number of carbonyl (C=O) groups excluding carboxylic acids is 2. The van der Waals surface area contributed by atoms with Gasteiger partial charge in [0.25, 0.3) is 0 Å². The van der Waals surface area contributed by atoms with Crippen LogP contribution in [-0.2, 0) is 10.1 Å². The highest BCUT2D eigenvalue weighted by Gasteiger charge is 2.42. The maximum absolute atomic E-state index is 14.2. The zero-order valence-corrected chi connectivity index (χ0v) is 17.9. The molecular weight excluding hydrogens is 433 g/mol. The average Bonchev–Trinajstić information content (AvgIpc) is 3.05. The molecule has 1 saturated carbocycles. The van der Waals surface area contributed by atoms with Gasteiger partial charge in [0, 0.05) is 10.9 Å². The molecule has 1 unspecified atom stereocenters. The molecule has 1 heterocycles. The fraction of sp³-hybridized carbons (Fsp3) is 0.292. The van der Waals surface area contributed by atoms with E-state index in [0.717, 1.165) is 25.3 Å². The quantitative estimate of drug-likeness (QED) is 0.424. The zero-order chi connectivity index (χ0) is 22.5. The molecule has 3 aromatic rings. The Morgan fingerprint density at radius 1 is 0.906 bits per heavy atom. The van der Waals surface area contributed by atoms with Crippen LogP contribution in [0.15, 0.2) is 48.5 Å². The van der Waals surface area contributed by atoms with Crippen molar-refractivity contribution >= 4 is 32.6 Å². The lowest BCUT2D eigenvalue weighted by Gasteiger charge is -2.21. The highest BCUT2D eigenvalue weighted by molar-refractivity contribution is 7.87. The highest BCUT2D eigenvalue weighted by Crippen LogP contribution is 2.36. The Hall–Kier alpha value is -3.13. The van der Waals surface area contributed by atoms with Gasteiger partial charge >= 0.3 is 10.1 Å². The van der Waals surface area contributed by atoms with Gasteiger partial charge in [-0.3, -0.25) is 9.59 Å². The van der Waals surface area contributed by atoms with E-state index < -0.39 is 38.7 Å². The standard InChI is InChI=1S/C24H20FNO5S/c25-17-10-5-9-16-20(17)24(28)21(23(16)27)18-13-12-14-6-4-11-19(22(14)26-18)31-32(29,30)15-7-2-1-3-8-15/h4-6,9-13,15,21H,1-3,7-8H2. The minimum Gasteiger partial charge on any atom is -0.380 e. The van der Waals surface area contributed by atoms with Crippen molar-refractivity contribution in [2.24, 2.45) is 0 Å². The highest BCUT2D eigenvalue weighted by atomic mass is 32.2. The van der Waals surface area contributed by atoms with E-state index in [1.165, 1.54) is 24.3 Å². The summed E-state index contributed by atoms with van der Waals surface area (Å²) in [5.74, 6) is -3.13. The number of fused-ring (bicyclic) bond motifs is 2. The first-order chi connectivity index (χ1) is 15.4. The lowest BCUT2D eigenvalue weighted by Crippen LogP contribution is -2.28. The molecule has 5 rings (SSSR count). The van der Waals surface area contributed by atoms with Crippen LogP contribution in [0.1, 0.15) is 64.4 Å². The Morgan fingerprint density at radius 3 is 2.41 bits per heavy atom.